The maximum Gasteiger partial charge on any atom is 0.252 e. The third kappa shape index (κ3) is 4.96. The quantitative estimate of drug-likeness (QED) is 0.161. The normalized spacial score (nSPS) is 14.1. The molecule has 0 aromatic heterocycles. The Morgan fingerprint density at radius 2 is 0.750 bits per heavy atom. The Kier molecular flexibility index (Phi) is 7.87. The van der Waals surface area contributed by atoms with E-state index in [0.717, 1.165) is 17.1 Å². The van der Waals surface area contributed by atoms with E-state index in [1.165, 1.54) is 76.8 Å². The monoisotopic (exact) mass is 781 g/mol. The number of rotatable bonds is 5. The van der Waals surface area contributed by atoms with Gasteiger partial charge in [-0.1, -0.05) is 169 Å². The Morgan fingerprint density at radius 3 is 1.28 bits per heavy atom. The number of fused-ring (bicyclic) bond motifs is 6. The van der Waals surface area contributed by atoms with Crippen LogP contribution in [0.1, 0.15) is 5.56 Å². The van der Waals surface area contributed by atoms with Gasteiger partial charge in [0.2, 0.25) is 0 Å². The highest BCUT2D eigenvalue weighted by Gasteiger charge is 2.50. The second-order valence-corrected chi connectivity index (χ2v) is 19.9. The number of aryl methyl sites for hydroxylation is 1. The molecule has 0 saturated carbocycles. The molecule has 9 aromatic rings. The standard InChI is InChI=1S/C55H40BN3Si/c1-39-34-35-50-54(36-39)60(43-24-10-4-11-25-43,44-26-12-5-13-27-44)53-33-19-18-32-49(53)59(50)42-37-51-55-52(38-42)58(41-22-8-3-9-23-41)48-31-17-15-29-46(48)56(55)45-28-14-16-30-47(45)57(51)40-20-6-2-7-21-40/h2-38H,1H3. The van der Waals surface area contributed by atoms with Crippen LogP contribution in [0, 0.1) is 6.92 Å². The van der Waals surface area contributed by atoms with E-state index < -0.39 is 8.07 Å². The third-order valence-corrected chi connectivity index (χ3v) is 17.8. The van der Waals surface area contributed by atoms with Gasteiger partial charge < -0.3 is 14.7 Å². The largest absolute Gasteiger partial charge is 0.311 e. The van der Waals surface area contributed by atoms with Crippen LogP contribution in [-0.2, 0) is 0 Å². The van der Waals surface area contributed by atoms with Gasteiger partial charge in [-0.25, -0.2) is 0 Å². The minimum absolute atomic E-state index is 0.0520. The van der Waals surface area contributed by atoms with E-state index in [2.05, 4.69) is 246 Å². The highest BCUT2D eigenvalue weighted by atomic mass is 28.3. The summed E-state index contributed by atoms with van der Waals surface area (Å²) in [5.74, 6) is 0. The number of hydrogen-bond donors (Lipinski definition) is 0. The van der Waals surface area contributed by atoms with Crippen LogP contribution in [0.5, 0.6) is 0 Å². The fourth-order valence-corrected chi connectivity index (χ4v) is 15.8. The van der Waals surface area contributed by atoms with Crippen molar-refractivity contribution in [1.29, 1.82) is 0 Å². The zero-order chi connectivity index (χ0) is 39.8. The molecule has 0 unspecified atom stereocenters. The summed E-state index contributed by atoms with van der Waals surface area (Å²) < 4.78 is 0. The van der Waals surface area contributed by atoms with Gasteiger partial charge in [0.05, 0.1) is 5.69 Å². The lowest BCUT2D eigenvalue weighted by Crippen LogP contribution is -2.77. The molecule has 0 amide bonds. The van der Waals surface area contributed by atoms with Crippen LogP contribution < -0.4 is 51.8 Å². The molecule has 3 nitrogen and oxygen atoms in total. The van der Waals surface area contributed by atoms with Crippen LogP contribution >= 0.6 is 0 Å². The molecule has 0 aliphatic carbocycles. The van der Waals surface area contributed by atoms with Crippen LogP contribution in [-0.4, -0.2) is 14.8 Å². The molecule has 60 heavy (non-hydrogen) atoms. The lowest BCUT2D eigenvalue weighted by molar-refractivity contribution is 1.23. The Morgan fingerprint density at radius 1 is 0.333 bits per heavy atom. The predicted octanol–water partition coefficient (Wildman–Crippen LogP) is 9.24. The average Bonchev–Trinajstić information content (AvgIpc) is 3.31. The van der Waals surface area contributed by atoms with Gasteiger partial charge in [-0.05, 0) is 105 Å². The zero-order valence-corrected chi connectivity index (χ0v) is 34.3. The van der Waals surface area contributed by atoms with Crippen molar-refractivity contribution in [2.75, 3.05) is 14.7 Å². The first kappa shape index (κ1) is 34.7. The van der Waals surface area contributed by atoms with Crippen molar-refractivity contribution in [2.24, 2.45) is 0 Å². The first-order valence-corrected chi connectivity index (χ1v) is 22.9. The van der Waals surface area contributed by atoms with E-state index in [-0.39, 0.29) is 6.71 Å². The summed E-state index contributed by atoms with van der Waals surface area (Å²) in [6.45, 7) is 2.30. The second kappa shape index (κ2) is 13.6. The Bertz CT molecular complexity index is 2930. The van der Waals surface area contributed by atoms with E-state index in [4.69, 9.17) is 0 Å². The molecular weight excluding hydrogens is 742 g/mol. The van der Waals surface area contributed by atoms with Crippen molar-refractivity contribution in [3.8, 4) is 0 Å². The first-order chi connectivity index (χ1) is 29.7. The summed E-state index contributed by atoms with van der Waals surface area (Å²) in [5.41, 5.74) is 15.9. The van der Waals surface area contributed by atoms with Gasteiger partial charge >= 0.3 is 0 Å². The smallest absolute Gasteiger partial charge is 0.252 e. The number of nitrogens with zero attached hydrogens (tertiary/aromatic N) is 3. The molecule has 3 aliphatic rings. The van der Waals surface area contributed by atoms with Crippen molar-refractivity contribution in [1.82, 2.24) is 0 Å². The minimum Gasteiger partial charge on any atom is -0.311 e. The SMILES string of the molecule is Cc1ccc2c(c1)[Si](c1ccccc1)(c1ccccc1)c1ccccc1N2c1cc2c3c(c1)N(c1ccccc1)c1ccccc1B3c1ccccc1N2c1ccccc1. The molecule has 0 atom stereocenters. The van der Waals surface area contributed by atoms with Crippen LogP contribution in [0.25, 0.3) is 0 Å². The molecule has 9 aromatic carbocycles. The summed E-state index contributed by atoms with van der Waals surface area (Å²) in [5, 5.41) is 5.56. The lowest BCUT2D eigenvalue weighted by Gasteiger charge is -2.47. The van der Waals surface area contributed by atoms with Gasteiger partial charge in [-0.15, -0.1) is 0 Å². The molecular formula is C55H40BN3Si. The topological polar surface area (TPSA) is 9.72 Å². The van der Waals surface area contributed by atoms with Gasteiger partial charge in [-0.2, -0.15) is 0 Å². The second-order valence-electron chi connectivity index (χ2n) is 16.1. The van der Waals surface area contributed by atoms with Gasteiger partial charge in [0.15, 0.2) is 8.07 Å². The van der Waals surface area contributed by atoms with Crippen molar-refractivity contribution in [3.63, 3.8) is 0 Å². The molecule has 0 spiro atoms. The fourth-order valence-electron chi connectivity index (χ4n) is 10.6. The highest BCUT2D eigenvalue weighted by molar-refractivity contribution is 7.21. The molecule has 282 valence electrons. The maximum absolute atomic E-state index is 2.82. The van der Waals surface area contributed by atoms with Crippen LogP contribution in [0.4, 0.5) is 51.2 Å². The number of para-hydroxylation sites is 5. The van der Waals surface area contributed by atoms with Crippen LogP contribution in [0.15, 0.2) is 224 Å². The summed E-state index contributed by atoms with van der Waals surface area (Å²) in [6, 6.07) is 83.9. The summed E-state index contributed by atoms with van der Waals surface area (Å²) >= 11 is 0. The molecule has 0 saturated heterocycles. The van der Waals surface area contributed by atoms with Crippen molar-refractivity contribution >= 4 is 103 Å². The van der Waals surface area contributed by atoms with E-state index in [1.54, 1.807) is 0 Å². The van der Waals surface area contributed by atoms with E-state index in [1.807, 2.05) is 0 Å². The molecule has 12 rings (SSSR count). The molecule has 0 radical (unpaired) electrons. The molecule has 0 bridgehead atoms. The molecule has 0 N–H and O–H groups in total. The Balaban J connectivity index is 1.21. The summed E-state index contributed by atoms with van der Waals surface area (Å²) in [7, 11) is -2.82. The van der Waals surface area contributed by atoms with E-state index >= 15 is 0 Å². The molecule has 5 heteroatoms. The van der Waals surface area contributed by atoms with Crippen molar-refractivity contribution in [3.05, 3.63) is 230 Å². The van der Waals surface area contributed by atoms with E-state index in [0.29, 0.717) is 0 Å². The van der Waals surface area contributed by atoms with Gasteiger partial charge in [0, 0.05) is 45.5 Å². The first-order valence-electron chi connectivity index (χ1n) is 20.9. The van der Waals surface area contributed by atoms with Crippen molar-refractivity contribution in [2.45, 2.75) is 6.92 Å². The predicted molar refractivity (Wildman–Crippen MR) is 257 cm³/mol. The molecule has 0 fully saturated rings. The fraction of sp³-hybridized carbons (Fsp3) is 0.0182. The minimum atomic E-state index is -2.82. The Labute approximate surface area is 353 Å². The molecule has 3 heterocycles. The van der Waals surface area contributed by atoms with Gasteiger partial charge in [0.25, 0.3) is 6.71 Å². The maximum atomic E-state index is 2.57. The highest BCUT2D eigenvalue weighted by Crippen LogP contribution is 2.48. The number of benzene rings is 9. The number of anilines is 9. The average molecular weight is 782 g/mol. The lowest BCUT2D eigenvalue weighted by atomic mass is 9.33. The summed E-state index contributed by atoms with van der Waals surface area (Å²) in [6.07, 6.45) is 0. The van der Waals surface area contributed by atoms with Crippen LogP contribution in [0.2, 0.25) is 0 Å². The van der Waals surface area contributed by atoms with Crippen molar-refractivity contribution < 1.29 is 0 Å². The Hall–Kier alpha value is -7.34. The van der Waals surface area contributed by atoms with Gasteiger partial charge in [0.1, 0.15) is 0 Å². The zero-order valence-electron chi connectivity index (χ0n) is 33.3. The van der Waals surface area contributed by atoms with E-state index in [9.17, 15) is 0 Å². The van der Waals surface area contributed by atoms with Crippen LogP contribution in [0.3, 0.4) is 0 Å². The third-order valence-electron chi connectivity index (χ3n) is 12.9. The summed E-state index contributed by atoms with van der Waals surface area (Å²) in [4.78, 5) is 7.58. The number of hydrogen-bond acceptors (Lipinski definition) is 3. The molecule has 3 aliphatic heterocycles. The van der Waals surface area contributed by atoms with Gasteiger partial charge in [-0.3, -0.25) is 0 Å².